The van der Waals surface area contributed by atoms with Crippen molar-refractivity contribution in [3.63, 3.8) is 0 Å². The van der Waals surface area contributed by atoms with E-state index in [1.165, 1.54) is 5.56 Å². The van der Waals surface area contributed by atoms with E-state index in [9.17, 15) is 9.90 Å². The van der Waals surface area contributed by atoms with Gasteiger partial charge in [-0.15, -0.1) is 11.8 Å². The summed E-state index contributed by atoms with van der Waals surface area (Å²) in [6.45, 7) is 1.48. The van der Waals surface area contributed by atoms with Gasteiger partial charge in [0.2, 0.25) is 0 Å². The third kappa shape index (κ3) is 4.07. The van der Waals surface area contributed by atoms with Gasteiger partial charge in [-0.2, -0.15) is 0 Å². The maximum Gasteiger partial charge on any atom is 0.255 e. The fourth-order valence-electron chi connectivity index (χ4n) is 3.73. The monoisotopic (exact) mass is 355 g/mol. The van der Waals surface area contributed by atoms with Crippen molar-refractivity contribution in [3.05, 3.63) is 65.7 Å². The predicted octanol–water partition coefficient (Wildman–Crippen LogP) is 3.87. The first kappa shape index (κ1) is 18.0. The Bertz CT molecular complexity index is 719. The lowest BCUT2D eigenvalue weighted by Crippen LogP contribution is -2.49. The maximum absolute atomic E-state index is 13.1. The average Bonchev–Trinajstić information content (AvgIpc) is 2.68. The number of likely N-dealkylation sites (tertiary alicyclic amines) is 1. The second-order valence-corrected chi connectivity index (χ2v) is 7.70. The number of hydrogen-bond acceptors (Lipinski definition) is 3. The van der Waals surface area contributed by atoms with E-state index in [1.807, 2.05) is 53.6 Å². The fourth-order valence-corrected chi connectivity index (χ4v) is 4.32. The van der Waals surface area contributed by atoms with Crippen LogP contribution in [-0.2, 0) is 6.42 Å². The number of piperidine rings is 1. The zero-order valence-corrected chi connectivity index (χ0v) is 15.5. The van der Waals surface area contributed by atoms with Crippen molar-refractivity contribution in [3.8, 4) is 0 Å². The summed E-state index contributed by atoms with van der Waals surface area (Å²) < 4.78 is 0. The normalized spacial score (nSPS) is 20.5. The van der Waals surface area contributed by atoms with Crippen LogP contribution in [0.25, 0.3) is 0 Å². The zero-order valence-electron chi connectivity index (χ0n) is 14.6. The zero-order chi connectivity index (χ0) is 17.7. The number of thioether (sulfide) groups is 1. The number of rotatable bonds is 5. The van der Waals surface area contributed by atoms with Gasteiger partial charge >= 0.3 is 0 Å². The number of aliphatic hydroxyl groups excluding tert-OH is 1. The molecule has 0 spiro atoms. The molecule has 3 rings (SSSR count). The molecular weight excluding hydrogens is 330 g/mol. The van der Waals surface area contributed by atoms with Gasteiger partial charge in [-0.25, -0.2) is 0 Å². The number of aliphatic hydroxyl groups is 1. The Morgan fingerprint density at radius 3 is 2.60 bits per heavy atom. The van der Waals surface area contributed by atoms with Crippen LogP contribution >= 0.6 is 11.8 Å². The van der Waals surface area contributed by atoms with Crippen molar-refractivity contribution in [1.29, 1.82) is 0 Å². The number of carbonyl (C=O) groups is 1. The first-order valence-electron chi connectivity index (χ1n) is 8.74. The van der Waals surface area contributed by atoms with Crippen molar-refractivity contribution in [2.45, 2.75) is 24.2 Å². The standard InChI is InChI=1S/C21H25NO2S/c1-25-19-11-6-5-10-18(19)20(24)22-13-7-12-21(15-22,16-23)14-17-8-3-2-4-9-17/h2-6,8-11,23H,7,12-16H2,1H3/t21-/m0/s1. The van der Waals surface area contributed by atoms with Crippen molar-refractivity contribution in [2.24, 2.45) is 5.41 Å². The molecule has 1 saturated heterocycles. The number of benzene rings is 2. The number of amides is 1. The molecule has 1 fully saturated rings. The van der Waals surface area contributed by atoms with Crippen LogP contribution < -0.4 is 0 Å². The van der Waals surface area contributed by atoms with Gasteiger partial charge in [0.15, 0.2) is 0 Å². The van der Waals surface area contributed by atoms with E-state index in [-0.39, 0.29) is 17.9 Å². The van der Waals surface area contributed by atoms with Crippen LogP contribution in [0.4, 0.5) is 0 Å². The molecule has 2 aromatic carbocycles. The molecule has 0 bridgehead atoms. The number of carbonyl (C=O) groups excluding carboxylic acids is 1. The highest BCUT2D eigenvalue weighted by Crippen LogP contribution is 2.34. The quantitative estimate of drug-likeness (QED) is 0.828. The molecule has 0 aromatic heterocycles. The van der Waals surface area contributed by atoms with Crippen LogP contribution in [-0.4, -0.2) is 41.9 Å². The molecule has 1 aliphatic rings. The Hall–Kier alpha value is -1.78. The fraction of sp³-hybridized carbons (Fsp3) is 0.381. The van der Waals surface area contributed by atoms with E-state index in [4.69, 9.17) is 0 Å². The summed E-state index contributed by atoms with van der Waals surface area (Å²) in [4.78, 5) is 16.0. The molecule has 1 N–H and O–H groups in total. The summed E-state index contributed by atoms with van der Waals surface area (Å²) in [5.74, 6) is 0.0792. The van der Waals surface area contributed by atoms with Crippen molar-refractivity contribution >= 4 is 17.7 Å². The molecule has 2 aromatic rings. The summed E-state index contributed by atoms with van der Waals surface area (Å²) in [5.41, 5.74) is 1.74. The van der Waals surface area contributed by atoms with Gasteiger partial charge in [0.05, 0.1) is 12.2 Å². The topological polar surface area (TPSA) is 40.5 Å². The van der Waals surface area contributed by atoms with Crippen LogP contribution in [0.3, 0.4) is 0 Å². The van der Waals surface area contributed by atoms with E-state index in [0.717, 1.165) is 36.3 Å². The maximum atomic E-state index is 13.1. The number of nitrogens with zero attached hydrogens (tertiary/aromatic N) is 1. The molecule has 0 unspecified atom stereocenters. The molecule has 1 atom stereocenters. The molecule has 0 saturated carbocycles. The van der Waals surface area contributed by atoms with E-state index >= 15 is 0 Å². The van der Waals surface area contributed by atoms with Crippen LogP contribution in [0.2, 0.25) is 0 Å². The van der Waals surface area contributed by atoms with Gasteiger partial charge in [-0.3, -0.25) is 4.79 Å². The van der Waals surface area contributed by atoms with Gasteiger partial charge < -0.3 is 10.0 Å². The Morgan fingerprint density at radius 1 is 1.16 bits per heavy atom. The summed E-state index contributed by atoms with van der Waals surface area (Å²) in [6, 6.07) is 18.0. The predicted molar refractivity (Wildman–Crippen MR) is 103 cm³/mol. The van der Waals surface area contributed by atoms with Crippen molar-refractivity contribution < 1.29 is 9.90 Å². The van der Waals surface area contributed by atoms with Crippen LogP contribution in [0.1, 0.15) is 28.8 Å². The summed E-state index contributed by atoms with van der Waals surface area (Å²) >= 11 is 1.60. The minimum absolute atomic E-state index is 0.0792. The minimum Gasteiger partial charge on any atom is -0.396 e. The third-order valence-electron chi connectivity index (χ3n) is 5.04. The second-order valence-electron chi connectivity index (χ2n) is 6.85. The minimum atomic E-state index is -0.246. The third-order valence-corrected chi connectivity index (χ3v) is 5.84. The Balaban J connectivity index is 1.80. The van der Waals surface area contributed by atoms with Gasteiger partial charge in [-0.1, -0.05) is 42.5 Å². The van der Waals surface area contributed by atoms with Crippen molar-refractivity contribution in [2.75, 3.05) is 26.0 Å². The molecule has 3 nitrogen and oxygen atoms in total. The Kier molecular flexibility index (Phi) is 5.82. The highest BCUT2D eigenvalue weighted by molar-refractivity contribution is 7.98. The highest BCUT2D eigenvalue weighted by Gasteiger charge is 2.37. The smallest absolute Gasteiger partial charge is 0.255 e. The molecule has 1 heterocycles. The van der Waals surface area contributed by atoms with Crippen molar-refractivity contribution in [1.82, 2.24) is 4.90 Å². The van der Waals surface area contributed by atoms with E-state index in [2.05, 4.69) is 12.1 Å². The summed E-state index contributed by atoms with van der Waals surface area (Å²) in [7, 11) is 0. The summed E-state index contributed by atoms with van der Waals surface area (Å²) in [5, 5.41) is 10.1. The molecule has 0 radical (unpaired) electrons. The molecule has 0 aliphatic carbocycles. The molecule has 132 valence electrons. The Morgan fingerprint density at radius 2 is 1.88 bits per heavy atom. The van der Waals surface area contributed by atoms with Gasteiger partial charge in [0.1, 0.15) is 0 Å². The van der Waals surface area contributed by atoms with Crippen LogP contribution in [0.5, 0.6) is 0 Å². The molecule has 4 heteroatoms. The van der Waals surface area contributed by atoms with Gasteiger partial charge in [0.25, 0.3) is 5.91 Å². The second kappa shape index (κ2) is 8.07. The first-order chi connectivity index (χ1) is 12.2. The first-order valence-corrected chi connectivity index (χ1v) is 9.97. The van der Waals surface area contributed by atoms with Crippen LogP contribution in [0.15, 0.2) is 59.5 Å². The van der Waals surface area contributed by atoms with Crippen LogP contribution in [0, 0.1) is 5.41 Å². The van der Waals surface area contributed by atoms with Gasteiger partial charge in [0, 0.05) is 23.4 Å². The molecule has 1 amide bonds. The molecule has 1 aliphatic heterocycles. The SMILES string of the molecule is CSc1ccccc1C(=O)N1CCC[C@](CO)(Cc2ccccc2)C1. The van der Waals surface area contributed by atoms with Gasteiger partial charge in [-0.05, 0) is 43.2 Å². The highest BCUT2D eigenvalue weighted by atomic mass is 32.2. The van der Waals surface area contributed by atoms with E-state index in [1.54, 1.807) is 11.8 Å². The molecule has 25 heavy (non-hydrogen) atoms. The molecular formula is C21H25NO2S. The average molecular weight is 356 g/mol. The lowest BCUT2D eigenvalue weighted by atomic mass is 9.75. The lowest BCUT2D eigenvalue weighted by Gasteiger charge is -2.42. The van der Waals surface area contributed by atoms with E-state index in [0.29, 0.717) is 6.54 Å². The summed E-state index contributed by atoms with van der Waals surface area (Å²) in [6.07, 6.45) is 4.68. The Labute approximate surface area is 154 Å². The lowest BCUT2D eigenvalue weighted by molar-refractivity contribution is 0.0269. The van der Waals surface area contributed by atoms with E-state index < -0.39 is 0 Å². The largest absolute Gasteiger partial charge is 0.396 e. The number of hydrogen-bond donors (Lipinski definition) is 1.